The highest BCUT2D eigenvalue weighted by Crippen LogP contribution is 1.98. The summed E-state index contributed by atoms with van der Waals surface area (Å²) in [6.07, 6.45) is 0.203. The quantitative estimate of drug-likeness (QED) is 0.624. The van der Waals surface area contributed by atoms with Gasteiger partial charge in [0.1, 0.15) is 0 Å². The molecule has 0 aromatic rings. The molecule has 3 heteroatoms. The van der Waals surface area contributed by atoms with Gasteiger partial charge in [0.15, 0.2) is 0 Å². The van der Waals surface area contributed by atoms with E-state index in [2.05, 4.69) is 19.2 Å². The molecule has 2 atom stereocenters. The van der Waals surface area contributed by atoms with Gasteiger partial charge >= 0.3 is 0 Å². The Morgan fingerprint density at radius 1 is 1.23 bits per heavy atom. The first-order valence-corrected chi connectivity index (χ1v) is 5.01. The van der Waals surface area contributed by atoms with Gasteiger partial charge in [-0.3, -0.25) is 0 Å². The number of ether oxygens (including phenoxy) is 2. The van der Waals surface area contributed by atoms with E-state index in [1.807, 2.05) is 6.92 Å². The SMILES string of the molecule is CCNCC(C)COC(C)COC. The molecule has 0 aliphatic carbocycles. The van der Waals surface area contributed by atoms with Gasteiger partial charge in [-0.05, 0) is 25.9 Å². The molecule has 80 valence electrons. The fourth-order valence-corrected chi connectivity index (χ4v) is 1.06. The van der Waals surface area contributed by atoms with Gasteiger partial charge in [-0.2, -0.15) is 0 Å². The van der Waals surface area contributed by atoms with Crippen molar-refractivity contribution in [3.63, 3.8) is 0 Å². The Balaban J connectivity index is 3.29. The highest BCUT2D eigenvalue weighted by molar-refractivity contribution is 4.56. The smallest absolute Gasteiger partial charge is 0.0780 e. The fourth-order valence-electron chi connectivity index (χ4n) is 1.06. The number of methoxy groups -OCH3 is 1. The minimum Gasteiger partial charge on any atom is -0.382 e. The van der Waals surface area contributed by atoms with Crippen LogP contribution in [0.4, 0.5) is 0 Å². The average Bonchev–Trinajstić information content (AvgIpc) is 2.12. The maximum atomic E-state index is 5.58. The van der Waals surface area contributed by atoms with E-state index < -0.39 is 0 Å². The normalized spacial score (nSPS) is 15.7. The fraction of sp³-hybridized carbons (Fsp3) is 1.00. The van der Waals surface area contributed by atoms with Crippen molar-refractivity contribution in [2.75, 3.05) is 33.4 Å². The molecule has 0 radical (unpaired) electrons. The Labute approximate surface area is 81.8 Å². The van der Waals surface area contributed by atoms with Crippen LogP contribution in [0.3, 0.4) is 0 Å². The molecular formula is C10H23NO2. The molecule has 0 bridgehead atoms. The van der Waals surface area contributed by atoms with Crippen LogP contribution >= 0.6 is 0 Å². The lowest BCUT2D eigenvalue weighted by atomic mass is 10.2. The molecule has 0 rings (SSSR count). The summed E-state index contributed by atoms with van der Waals surface area (Å²) in [5, 5.41) is 3.29. The minimum atomic E-state index is 0.203. The second-order valence-corrected chi connectivity index (χ2v) is 3.51. The van der Waals surface area contributed by atoms with Crippen LogP contribution in [0.2, 0.25) is 0 Å². The summed E-state index contributed by atoms with van der Waals surface area (Å²) in [4.78, 5) is 0. The van der Waals surface area contributed by atoms with Crippen LogP contribution in [0.15, 0.2) is 0 Å². The molecule has 0 aliphatic heterocycles. The van der Waals surface area contributed by atoms with Gasteiger partial charge in [-0.1, -0.05) is 13.8 Å². The van der Waals surface area contributed by atoms with Crippen molar-refractivity contribution in [3.8, 4) is 0 Å². The first kappa shape index (κ1) is 12.9. The largest absolute Gasteiger partial charge is 0.382 e. The molecule has 0 spiro atoms. The lowest BCUT2D eigenvalue weighted by Gasteiger charge is -2.16. The maximum absolute atomic E-state index is 5.58. The van der Waals surface area contributed by atoms with Gasteiger partial charge in [-0.25, -0.2) is 0 Å². The topological polar surface area (TPSA) is 30.5 Å². The van der Waals surface area contributed by atoms with E-state index in [1.54, 1.807) is 7.11 Å². The summed E-state index contributed by atoms with van der Waals surface area (Å²) in [5.74, 6) is 0.569. The number of nitrogens with one attached hydrogen (secondary N) is 1. The lowest BCUT2D eigenvalue weighted by Crippen LogP contribution is -2.26. The third kappa shape index (κ3) is 8.22. The summed E-state index contributed by atoms with van der Waals surface area (Å²) in [6.45, 7) is 9.85. The van der Waals surface area contributed by atoms with Crippen molar-refractivity contribution in [1.82, 2.24) is 5.32 Å². The van der Waals surface area contributed by atoms with Gasteiger partial charge in [-0.15, -0.1) is 0 Å². The van der Waals surface area contributed by atoms with Crippen molar-refractivity contribution < 1.29 is 9.47 Å². The number of hydrogen-bond acceptors (Lipinski definition) is 3. The van der Waals surface area contributed by atoms with Crippen LogP contribution in [0.25, 0.3) is 0 Å². The summed E-state index contributed by atoms with van der Waals surface area (Å²) >= 11 is 0. The Bertz CT molecular complexity index is 109. The molecule has 0 aromatic carbocycles. The highest BCUT2D eigenvalue weighted by Gasteiger charge is 2.05. The van der Waals surface area contributed by atoms with Crippen molar-refractivity contribution in [3.05, 3.63) is 0 Å². The summed E-state index contributed by atoms with van der Waals surface area (Å²) in [5.41, 5.74) is 0. The van der Waals surface area contributed by atoms with E-state index in [0.29, 0.717) is 12.5 Å². The van der Waals surface area contributed by atoms with E-state index >= 15 is 0 Å². The molecule has 1 N–H and O–H groups in total. The van der Waals surface area contributed by atoms with Crippen molar-refractivity contribution >= 4 is 0 Å². The molecule has 0 saturated heterocycles. The van der Waals surface area contributed by atoms with E-state index in [1.165, 1.54) is 0 Å². The molecular weight excluding hydrogens is 166 g/mol. The lowest BCUT2D eigenvalue weighted by molar-refractivity contribution is -0.00410. The van der Waals surface area contributed by atoms with Crippen molar-refractivity contribution in [2.24, 2.45) is 5.92 Å². The van der Waals surface area contributed by atoms with Crippen LogP contribution in [0.5, 0.6) is 0 Å². The molecule has 0 fully saturated rings. The van der Waals surface area contributed by atoms with E-state index in [4.69, 9.17) is 9.47 Å². The van der Waals surface area contributed by atoms with Gasteiger partial charge < -0.3 is 14.8 Å². The van der Waals surface area contributed by atoms with Crippen molar-refractivity contribution in [2.45, 2.75) is 26.9 Å². The average molecular weight is 189 g/mol. The van der Waals surface area contributed by atoms with E-state index in [9.17, 15) is 0 Å². The molecule has 13 heavy (non-hydrogen) atoms. The minimum absolute atomic E-state index is 0.203. The molecule has 0 amide bonds. The Kier molecular flexibility index (Phi) is 8.40. The second-order valence-electron chi connectivity index (χ2n) is 3.51. The first-order chi connectivity index (χ1) is 6.20. The van der Waals surface area contributed by atoms with Crippen LogP contribution in [-0.4, -0.2) is 39.5 Å². The third-order valence-corrected chi connectivity index (χ3v) is 1.81. The van der Waals surface area contributed by atoms with Gasteiger partial charge in [0, 0.05) is 7.11 Å². The number of hydrogen-bond donors (Lipinski definition) is 1. The monoisotopic (exact) mass is 189 g/mol. The first-order valence-electron chi connectivity index (χ1n) is 5.01. The molecule has 0 aliphatic rings. The van der Waals surface area contributed by atoms with Crippen LogP contribution in [0.1, 0.15) is 20.8 Å². The van der Waals surface area contributed by atoms with Crippen LogP contribution in [0, 0.1) is 5.92 Å². The van der Waals surface area contributed by atoms with E-state index in [0.717, 1.165) is 19.7 Å². The zero-order valence-corrected chi connectivity index (χ0v) is 9.30. The predicted molar refractivity (Wildman–Crippen MR) is 55.0 cm³/mol. The van der Waals surface area contributed by atoms with Gasteiger partial charge in [0.2, 0.25) is 0 Å². The molecule has 0 aromatic heterocycles. The Hall–Kier alpha value is -0.120. The van der Waals surface area contributed by atoms with Crippen molar-refractivity contribution in [1.29, 1.82) is 0 Å². The summed E-state index contributed by atoms with van der Waals surface area (Å²) in [6, 6.07) is 0. The molecule has 3 nitrogen and oxygen atoms in total. The van der Waals surface area contributed by atoms with E-state index in [-0.39, 0.29) is 6.10 Å². The Morgan fingerprint density at radius 3 is 2.46 bits per heavy atom. The zero-order valence-electron chi connectivity index (χ0n) is 9.30. The highest BCUT2D eigenvalue weighted by atomic mass is 16.5. The molecule has 2 unspecified atom stereocenters. The molecule has 0 saturated carbocycles. The summed E-state index contributed by atoms with van der Waals surface area (Å²) < 4.78 is 10.6. The Morgan fingerprint density at radius 2 is 1.92 bits per heavy atom. The predicted octanol–water partition coefficient (Wildman–Crippen LogP) is 1.28. The van der Waals surface area contributed by atoms with Gasteiger partial charge in [0.25, 0.3) is 0 Å². The zero-order chi connectivity index (χ0) is 10.1. The van der Waals surface area contributed by atoms with Crippen LogP contribution in [-0.2, 0) is 9.47 Å². The maximum Gasteiger partial charge on any atom is 0.0780 e. The summed E-state index contributed by atoms with van der Waals surface area (Å²) in [7, 11) is 1.70. The second kappa shape index (κ2) is 8.48. The molecule has 0 heterocycles. The third-order valence-electron chi connectivity index (χ3n) is 1.81. The van der Waals surface area contributed by atoms with Crippen LogP contribution < -0.4 is 5.32 Å². The van der Waals surface area contributed by atoms with Gasteiger partial charge in [0.05, 0.1) is 19.3 Å². The standard InChI is InChI=1S/C10H23NO2/c1-5-11-6-9(2)7-13-10(3)8-12-4/h9-11H,5-8H2,1-4H3. The number of rotatable bonds is 8.